The van der Waals surface area contributed by atoms with Crippen molar-refractivity contribution in [1.82, 2.24) is 9.62 Å². The van der Waals surface area contributed by atoms with E-state index in [1.807, 2.05) is 13.8 Å². The third-order valence-corrected chi connectivity index (χ3v) is 4.28. The number of hydrogen-bond acceptors (Lipinski definition) is 3. The van der Waals surface area contributed by atoms with Crippen molar-refractivity contribution in [3.05, 3.63) is 34.9 Å². The van der Waals surface area contributed by atoms with Crippen LogP contribution in [0.15, 0.2) is 24.3 Å². The lowest BCUT2D eigenvalue weighted by Gasteiger charge is -2.20. The Morgan fingerprint density at radius 2 is 1.86 bits per heavy atom. The van der Waals surface area contributed by atoms with Crippen LogP contribution < -0.4 is 5.32 Å². The molecule has 118 valence electrons. The van der Waals surface area contributed by atoms with Gasteiger partial charge in [-0.3, -0.25) is 4.79 Å². The van der Waals surface area contributed by atoms with Gasteiger partial charge in [-0.05, 0) is 31.5 Å². The summed E-state index contributed by atoms with van der Waals surface area (Å²) in [5.41, 5.74) is 0.828. The Hall–Kier alpha value is -1.11. The van der Waals surface area contributed by atoms with Crippen LogP contribution in [0.3, 0.4) is 0 Å². The molecule has 0 aromatic heterocycles. The average Bonchev–Trinajstić information content (AvgIpc) is 2.34. The van der Waals surface area contributed by atoms with Gasteiger partial charge in [-0.1, -0.05) is 23.7 Å². The molecule has 7 heteroatoms. The second-order valence-corrected chi connectivity index (χ2v) is 7.61. The van der Waals surface area contributed by atoms with E-state index in [0.717, 1.165) is 11.8 Å². The molecule has 1 aromatic rings. The number of nitrogens with zero attached hydrogens (tertiary/aromatic N) is 1. The van der Waals surface area contributed by atoms with Crippen molar-refractivity contribution in [2.45, 2.75) is 32.9 Å². The van der Waals surface area contributed by atoms with Crippen LogP contribution >= 0.6 is 11.6 Å². The summed E-state index contributed by atoms with van der Waals surface area (Å²) in [4.78, 5) is 11.6. The number of benzene rings is 1. The molecular weight excluding hydrogens is 312 g/mol. The van der Waals surface area contributed by atoms with E-state index in [1.165, 1.54) is 4.31 Å². The van der Waals surface area contributed by atoms with Crippen molar-refractivity contribution in [1.29, 1.82) is 0 Å². The molecule has 1 aromatic carbocycles. The fourth-order valence-corrected chi connectivity index (χ4v) is 2.71. The molecule has 1 amide bonds. The summed E-state index contributed by atoms with van der Waals surface area (Å²) in [6.07, 6.45) is 1.28. The number of nitrogens with one attached hydrogen (secondary N) is 1. The number of halogens is 1. The van der Waals surface area contributed by atoms with Gasteiger partial charge in [0.05, 0.1) is 6.26 Å². The van der Waals surface area contributed by atoms with E-state index < -0.39 is 10.0 Å². The van der Waals surface area contributed by atoms with Crippen molar-refractivity contribution in [2.75, 3.05) is 12.8 Å². The first kappa shape index (κ1) is 17.9. The zero-order chi connectivity index (χ0) is 16.0. The lowest BCUT2D eigenvalue weighted by molar-refractivity contribution is -0.121. The van der Waals surface area contributed by atoms with E-state index in [4.69, 9.17) is 11.6 Å². The molecule has 5 nitrogen and oxygen atoms in total. The Morgan fingerprint density at radius 1 is 1.29 bits per heavy atom. The summed E-state index contributed by atoms with van der Waals surface area (Å²) < 4.78 is 24.9. The van der Waals surface area contributed by atoms with E-state index >= 15 is 0 Å². The third kappa shape index (κ3) is 6.93. The fraction of sp³-hybridized carbons (Fsp3) is 0.500. The van der Waals surface area contributed by atoms with Gasteiger partial charge in [0.25, 0.3) is 0 Å². The number of sulfonamides is 1. The highest BCUT2D eigenvalue weighted by molar-refractivity contribution is 7.88. The molecule has 1 rings (SSSR count). The molecule has 0 bridgehead atoms. The standard InChI is InChI=1S/C14H21ClN2O3S/c1-11(2)16-14(18)8-9-17(21(3,19)20)10-12-4-6-13(15)7-5-12/h4-7,11H,8-10H2,1-3H3,(H,16,18). The van der Waals surface area contributed by atoms with Gasteiger partial charge in [0, 0.05) is 30.6 Å². The van der Waals surface area contributed by atoms with E-state index in [9.17, 15) is 13.2 Å². The number of carbonyl (C=O) groups excluding carboxylic acids is 1. The Labute approximate surface area is 131 Å². The molecule has 0 radical (unpaired) electrons. The molecule has 0 aliphatic heterocycles. The van der Waals surface area contributed by atoms with Gasteiger partial charge in [-0.25, -0.2) is 8.42 Å². The van der Waals surface area contributed by atoms with Crippen molar-refractivity contribution >= 4 is 27.5 Å². The van der Waals surface area contributed by atoms with Crippen molar-refractivity contribution in [3.63, 3.8) is 0 Å². The molecule has 0 aliphatic carbocycles. The first-order chi connectivity index (χ1) is 9.68. The monoisotopic (exact) mass is 332 g/mol. The Balaban J connectivity index is 2.69. The lowest BCUT2D eigenvalue weighted by atomic mass is 10.2. The summed E-state index contributed by atoms with van der Waals surface area (Å²) >= 11 is 5.80. The Kier molecular flexibility index (Phi) is 6.64. The van der Waals surface area contributed by atoms with Crippen LogP contribution in [0.25, 0.3) is 0 Å². The predicted molar refractivity (Wildman–Crippen MR) is 84.6 cm³/mol. The van der Waals surface area contributed by atoms with Crippen LogP contribution in [0.4, 0.5) is 0 Å². The Bertz CT molecular complexity index is 570. The van der Waals surface area contributed by atoms with Gasteiger partial charge in [0.2, 0.25) is 15.9 Å². The minimum atomic E-state index is -3.38. The minimum Gasteiger partial charge on any atom is -0.354 e. The van der Waals surface area contributed by atoms with Gasteiger partial charge in [0.1, 0.15) is 0 Å². The van der Waals surface area contributed by atoms with Crippen molar-refractivity contribution in [2.24, 2.45) is 0 Å². The maximum atomic E-state index is 11.8. The third-order valence-electron chi connectivity index (χ3n) is 2.78. The van der Waals surface area contributed by atoms with Crippen LogP contribution in [-0.2, 0) is 21.4 Å². The van der Waals surface area contributed by atoms with Crippen LogP contribution in [0, 0.1) is 0 Å². The fourth-order valence-electron chi connectivity index (χ4n) is 1.78. The molecule has 0 atom stereocenters. The zero-order valence-corrected chi connectivity index (χ0v) is 14.0. The molecule has 21 heavy (non-hydrogen) atoms. The minimum absolute atomic E-state index is 0.0421. The highest BCUT2D eigenvalue weighted by atomic mass is 35.5. The number of carbonyl (C=O) groups is 1. The molecule has 0 aliphatic rings. The van der Waals surface area contributed by atoms with Gasteiger partial charge in [-0.15, -0.1) is 0 Å². The average molecular weight is 333 g/mol. The van der Waals surface area contributed by atoms with Gasteiger partial charge >= 0.3 is 0 Å². The first-order valence-electron chi connectivity index (χ1n) is 6.67. The van der Waals surface area contributed by atoms with Crippen LogP contribution in [-0.4, -0.2) is 37.5 Å². The summed E-state index contributed by atoms with van der Waals surface area (Å²) in [7, 11) is -3.38. The molecule has 0 saturated heterocycles. The highest BCUT2D eigenvalue weighted by Gasteiger charge is 2.18. The van der Waals surface area contributed by atoms with Gasteiger partial charge in [-0.2, -0.15) is 4.31 Å². The van der Waals surface area contributed by atoms with Crippen molar-refractivity contribution < 1.29 is 13.2 Å². The maximum Gasteiger partial charge on any atom is 0.221 e. The van der Waals surface area contributed by atoms with E-state index in [-0.39, 0.29) is 31.5 Å². The normalized spacial score (nSPS) is 11.9. The molecular formula is C14H21ClN2O3S. The summed E-state index contributed by atoms with van der Waals surface area (Å²) in [5, 5.41) is 3.34. The van der Waals surface area contributed by atoms with E-state index in [0.29, 0.717) is 5.02 Å². The Morgan fingerprint density at radius 3 is 2.33 bits per heavy atom. The smallest absolute Gasteiger partial charge is 0.221 e. The number of rotatable bonds is 7. The molecule has 0 heterocycles. The second-order valence-electron chi connectivity index (χ2n) is 5.20. The zero-order valence-electron chi connectivity index (χ0n) is 12.5. The maximum absolute atomic E-state index is 11.8. The number of hydrogen-bond donors (Lipinski definition) is 1. The van der Waals surface area contributed by atoms with Crippen molar-refractivity contribution in [3.8, 4) is 0 Å². The number of amides is 1. The quantitative estimate of drug-likeness (QED) is 0.830. The molecule has 1 N–H and O–H groups in total. The molecule has 0 unspecified atom stereocenters. The SMILES string of the molecule is CC(C)NC(=O)CCN(Cc1ccc(Cl)cc1)S(C)(=O)=O. The second kappa shape index (κ2) is 7.77. The van der Waals surface area contributed by atoms with Crippen LogP contribution in [0.1, 0.15) is 25.8 Å². The molecule has 0 fully saturated rings. The van der Waals surface area contributed by atoms with Gasteiger partial charge in [0.15, 0.2) is 0 Å². The summed E-state index contributed by atoms with van der Waals surface area (Å²) in [6.45, 7) is 4.10. The lowest BCUT2D eigenvalue weighted by Crippen LogP contribution is -2.36. The largest absolute Gasteiger partial charge is 0.354 e. The molecule has 0 spiro atoms. The molecule has 0 saturated carbocycles. The van der Waals surface area contributed by atoms with E-state index in [2.05, 4.69) is 5.32 Å². The highest BCUT2D eigenvalue weighted by Crippen LogP contribution is 2.13. The first-order valence-corrected chi connectivity index (χ1v) is 8.90. The van der Waals surface area contributed by atoms with Crippen LogP contribution in [0.2, 0.25) is 5.02 Å². The summed E-state index contributed by atoms with van der Waals surface area (Å²) in [5.74, 6) is -0.158. The van der Waals surface area contributed by atoms with Crippen LogP contribution in [0.5, 0.6) is 0 Å². The topological polar surface area (TPSA) is 66.5 Å². The predicted octanol–water partition coefficient (Wildman–Crippen LogP) is 2.02. The summed E-state index contributed by atoms with van der Waals surface area (Å²) in [6, 6.07) is 7.01. The van der Waals surface area contributed by atoms with Gasteiger partial charge < -0.3 is 5.32 Å². The van der Waals surface area contributed by atoms with E-state index in [1.54, 1.807) is 24.3 Å².